The van der Waals surface area contributed by atoms with Crippen LogP contribution in [0.25, 0.3) is 0 Å². The molecule has 10 nitrogen and oxygen atoms in total. The van der Waals surface area contributed by atoms with Crippen molar-refractivity contribution in [2.45, 2.75) is 80.0 Å². The van der Waals surface area contributed by atoms with E-state index in [2.05, 4.69) is 4.72 Å². The van der Waals surface area contributed by atoms with Crippen LogP contribution in [0.1, 0.15) is 65.2 Å². The van der Waals surface area contributed by atoms with Crippen molar-refractivity contribution in [2.75, 3.05) is 6.61 Å². The van der Waals surface area contributed by atoms with E-state index in [-0.39, 0.29) is 34.5 Å². The van der Waals surface area contributed by atoms with Gasteiger partial charge in [0.05, 0.1) is 45.1 Å². The van der Waals surface area contributed by atoms with Gasteiger partial charge in [0, 0.05) is 5.25 Å². The third kappa shape index (κ3) is 9.29. The van der Waals surface area contributed by atoms with Gasteiger partial charge in [-0.05, 0) is 69.5 Å². The fraction of sp³-hybridized carbons (Fsp3) is 0.395. The summed E-state index contributed by atoms with van der Waals surface area (Å²) < 4.78 is 41.6. The lowest BCUT2D eigenvalue weighted by molar-refractivity contribution is -0.207. The van der Waals surface area contributed by atoms with E-state index in [1.807, 2.05) is 39.8 Å². The molecule has 0 aliphatic carbocycles. The highest BCUT2D eigenvalue weighted by Crippen LogP contribution is 2.40. The summed E-state index contributed by atoms with van der Waals surface area (Å²) in [5.74, 6) is -2.51. The second kappa shape index (κ2) is 16.9. The fourth-order valence-corrected chi connectivity index (χ4v) is 7.82. The first-order valence-electron chi connectivity index (χ1n) is 16.5. The number of aliphatic hydroxyl groups excluding tert-OH is 1. The molecule has 2 aliphatic heterocycles. The number of carbonyl (C=O) groups excluding carboxylic acids is 3. The Morgan fingerprint density at radius 1 is 0.800 bits per heavy atom. The van der Waals surface area contributed by atoms with Crippen LogP contribution < -0.4 is 4.72 Å². The highest BCUT2D eigenvalue weighted by Gasteiger charge is 2.56. The van der Waals surface area contributed by atoms with Crippen molar-refractivity contribution >= 4 is 40.7 Å². The molecule has 266 valence electrons. The fourth-order valence-electron chi connectivity index (χ4n) is 5.63. The topological polar surface area (TPSA) is 137 Å². The van der Waals surface area contributed by atoms with Crippen LogP contribution in [-0.4, -0.2) is 79.7 Å². The highest BCUT2D eigenvalue weighted by molar-refractivity contribution is 8.00. The molecule has 0 saturated carbocycles. The Balaban J connectivity index is 1.67. The van der Waals surface area contributed by atoms with Crippen LogP contribution in [0, 0.1) is 5.92 Å². The molecule has 0 aromatic heterocycles. The summed E-state index contributed by atoms with van der Waals surface area (Å²) in [6.07, 6.45) is -0.773. The number of thioether (sulfide) groups is 1. The Morgan fingerprint density at radius 3 is 1.72 bits per heavy atom. The van der Waals surface area contributed by atoms with Crippen LogP contribution in [0.5, 0.6) is 0 Å². The van der Waals surface area contributed by atoms with Gasteiger partial charge in [-0.1, -0.05) is 73.7 Å². The summed E-state index contributed by atoms with van der Waals surface area (Å²) in [6.45, 7) is 7.19. The Labute approximate surface area is 299 Å². The molecular formula is C38H43NO9S2. The molecule has 5 rings (SSSR count). The van der Waals surface area contributed by atoms with E-state index in [0.29, 0.717) is 6.42 Å². The molecule has 0 amide bonds. The van der Waals surface area contributed by atoms with Crippen molar-refractivity contribution in [1.29, 1.82) is 0 Å². The number of allylic oxidation sites excluding steroid dienone is 1. The maximum Gasteiger partial charge on any atom is 0.338 e. The summed E-state index contributed by atoms with van der Waals surface area (Å²) in [4.78, 5) is 41.3. The van der Waals surface area contributed by atoms with Crippen molar-refractivity contribution in [3.8, 4) is 0 Å². The maximum atomic E-state index is 13.8. The van der Waals surface area contributed by atoms with Gasteiger partial charge in [-0.2, -0.15) is 0 Å². The highest BCUT2D eigenvalue weighted by atomic mass is 32.2. The number of nitrogens with one attached hydrogen (secondary N) is 1. The largest absolute Gasteiger partial charge is 0.452 e. The molecule has 2 bridgehead atoms. The molecule has 12 heteroatoms. The molecule has 2 aliphatic rings. The van der Waals surface area contributed by atoms with Crippen LogP contribution >= 0.6 is 11.8 Å². The second-order valence-electron chi connectivity index (χ2n) is 13.2. The summed E-state index contributed by atoms with van der Waals surface area (Å²) in [5, 5.41) is 9.99. The van der Waals surface area contributed by atoms with Gasteiger partial charge in [-0.3, -0.25) is 0 Å². The maximum absolute atomic E-state index is 13.8. The van der Waals surface area contributed by atoms with E-state index in [0.717, 1.165) is 0 Å². The zero-order valence-corrected chi connectivity index (χ0v) is 30.0. The van der Waals surface area contributed by atoms with E-state index >= 15 is 0 Å². The molecule has 3 aromatic carbocycles. The standard InChI is InChI=1S/C38H43NO9S2/c1-24-15-14-22-28(23-40)49-37-33(47-36(43)27-20-12-7-13-21-27)32(46-35(42)26-18-10-6-11-19-26)31(45-34(41)25-16-8-5-9-17-25)30(48-37)29(24)39-50(44)38(2,3)4/h5-21,24,28-33,37,39-40H,22-23H2,1-4H3/b15-14-/t24-,28+,29-,30-,31+,32+,33-,37-,50-/m1/s1. The van der Waals surface area contributed by atoms with Gasteiger partial charge in [0.1, 0.15) is 11.5 Å². The summed E-state index contributed by atoms with van der Waals surface area (Å²) >= 11 is 1.22. The monoisotopic (exact) mass is 721 g/mol. The van der Waals surface area contributed by atoms with Gasteiger partial charge in [0.2, 0.25) is 0 Å². The second-order valence-corrected chi connectivity index (χ2v) is 16.6. The molecule has 2 heterocycles. The smallest absolute Gasteiger partial charge is 0.338 e. The molecule has 0 unspecified atom stereocenters. The Hall–Kier alpha value is -3.81. The minimum atomic E-state index is -1.60. The average Bonchev–Trinajstić information content (AvgIpc) is 3.12. The van der Waals surface area contributed by atoms with E-state index < -0.39 is 69.5 Å². The zero-order chi connectivity index (χ0) is 35.8. The van der Waals surface area contributed by atoms with Crippen LogP contribution in [0.2, 0.25) is 0 Å². The third-order valence-corrected chi connectivity index (χ3v) is 11.3. The van der Waals surface area contributed by atoms with Gasteiger partial charge < -0.3 is 24.1 Å². The predicted octanol–water partition coefficient (Wildman–Crippen LogP) is 5.50. The minimum Gasteiger partial charge on any atom is -0.452 e. The number of rotatable bonds is 9. The average molecular weight is 722 g/mol. The van der Waals surface area contributed by atoms with E-state index in [4.69, 9.17) is 18.9 Å². The quantitative estimate of drug-likeness (QED) is 0.166. The Kier molecular flexibility index (Phi) is 12.7. The van der Waals surface area contributed by atoms with Crippen LogP contribution in [0.15, 0.2) is 103 Å². The predicted molar refractivity (Wildman–Crippen MR) is 192 cm³/mol. The van der Waals surface area contributed by atoms with Crippen molar-refractivity contribution < 1.29 is 42.6 Å². The lowest BCUT2D eigenvalue weighted by atomic mass is 9.87. The molecule has 3 aromatic rings. The Morgan fingerprint density at radius 2 is 1.26 bits per heavy atom. The number of esters is 3. The summed E-state index contributed by atoms with van der Waals surface area (Å²) in [7, 11) is -1.60. The number of benzene rings is 3. The number of fused-ring (bicyclic) bond motifs is 2. The van der Waals surface area contributed by atoms with E-state index in [1.54, 1.807) is 91.0 Å². The zero-order valence-electron chi connectivity index (χ0n) is 28.4. The van der Waals surface area contributed by atoms with Crippen molar-refractivity contribution in [3.63, 3.8) is 0 Å². The van der Waals surface area contributed by atoms with Gasteiger partial charge in [-0.25, -0.2) is 23.3 Å². The first-order valence-corrected chi connectivity index (χ1v) is 18.6. The Bertz CT molecular complexity index is 1650. The minimum absolute atomic E-state index is 0.218. The van der Waals surface area contributed by atoms with Crippen molar-refractivity contribution in [1.82, 2.24) is 4.72 Å². The van der Waals surface area contributed by atoms with Gasteiger partial charge in [0.25, 0.3) is 0 Å². The van der Waals surface area contributed by atoms with Crippen LogP contribution in [-0.2, 0) is 29.9 Å². The molecule has 0 spiro atoms. The molecule has 1 fully saturated rings. The number of hydrogen-bond acceptors (Lipinski definition) is 10. The molecule has 0 radical (unpaired) electrons. The van der Waals surface area contributed by atoms with E-state index in [1.165, 1.54) is 11.8 Å². The molecule has 50 heavy (non-hydrogen) atoms. The molecular weight excluding hydrogens is 679 g/mol. The van der Waals surface area contributed by atoms with Gasteiger partial charge in [0.15, 0.2) is 18.3 Å². The number of ether oxygens (including phenoxy) is 4. The van der Waals surface area contributed by atoms with E-state index in [9.17, 15) is 23.7 Å². The third-order valence-electron chi connectivity index (χ3n) is 8.38. The molecule has 2 N–H and O–H groups in total. The SMILES string of the molecule is C[C@@H]1/C=C\C[C@@H](CO)S[C@H]2O[C@H]([C@@H]1N[S@](=O)C(C)(C)C)[C@H](OC(=O)c1ccccc1)[C@H](OC(=O)c1ccccc1)[C@H]2OC(=O)c1ccccc1. The lowest BCUT2D eigenvalue weighted by Gasteiger charge is -2.48. The van der Waals surface area contributed by atoms with Gasteiger partial charge in [-0.15, -0.1) is 11.8 Å². The van der Waals surface area contributed by atoms with Crippen molar-refractivity contribution in [3.05, 3.63) is 120 Å². The van der Waals surface area contributed by atoms with Gasteiger partial charge >= 0.3 is 17.9 Å². The number of carbonyl (C=O) groups is 3. The number of hydrogen-bond donors (Lipinski definition) is 2. The summed E-state index contributed by atoms with van der Waals surface area (Å²) in [5.41, 5.74) is -0.280. The first kappa shape index (κ1) is 37.4. The summed E-state index contributed by atoms with van der Waals surface area (Å²) in [6, 6.07) is 24.3. The lowest BCUT2D eigenvalue weighted by Crippen LogP contribution is -2.66. The van der Waals surface area contributed by atoms with Crippen LogP contribution in [0.4, 0.5) is 0 Å². The van der Waals surface area contributed by atoms with Crippen molar-refractivity contribution in [2.24, 2.45) is 5.92 Å². The first-order chi connectivity index (χ1) is 24.0. The normalized spacial score (nSPS) is 28.0. The molecule has 1 saturated heterocycles. The number of aliphatic hydroxyl groups is 1. The molecule has 9 atom stereocenters. The van der Waals surface area contributed by atoms with Crippen LogP contribution in [0.3, 0.4) is 0 Å².